The molecule has 0 aromatic heterocycles. The minimum atomic E-state index is -0.131. The third-order valence-corrected chi connectivity index (χ3v) is 5.63. The molecule has 0 bridgehead atoms. The van der Waals surface area contributed by atoms with Crippen LogP contribution in [0, 0.1) is 0 Å². The molecule has 5 heteroatoms. The van der Waals surface area contributed by atoms with Gasteiger partial charge in [-0.15, -0.1) is 0 Å². The molecule has 2 aromatic rings. The molecular weight excluding hydrogens is 402 g/mol. The summed E-state index contributed by atoms with van der Waals surface area (Å²) < 4.78 is 17.6. The highest BCUT2D eigenvalue weighted by Crippen LogP contribution is 2.19. The number of benzene rings is 2. The summed E-state index contributed by atoms with van der Waals surface area (Å²) in [6.45, 7) is 3.74. The zero-order valence-corrected chi connectivity index (χ0v) is 20.2. The Morgan fingerprint density at radius 2 is 1.28 bits per heavy atom. The Morgan fingerprint density at radius 3 is 1.88 bits per heavy atom. The maximum Gasteiger partial charge on any atom is 0.364 e. The topological polar surface area (TPSA) is 44.8 Å². The first-order valence-corrected chi connectivity index (χ1v) is 11.7. The van der Waals surface area contributed by atoms with Gasteiger partial charge in [0, 0.05) is 0 Å². The van der Waals surface area contributed by atoms with Gasteiger partial charge in [-0.05, 0) is 49.6 Å². The van der Waals surface area contributed by atoms with Crippen LogP contribution in [0.15, 0.2) is 54.6 Å². The Bertz CT molecular complexity index is 768. The molecule has 0 heterocycles. The van der Waals surface area contributed by atoms with E-state index in [1.165, 1.54) is 6.42 Å². The van der Waals surface area contributed by atoms with Gasteiger partial charge in [-0.2, -0.15) is 0 Å². The van der Waals surface area contributed by atoms with Gasteiger partial charge in [0.15, 0.2) is 6.04 Å². The Balaban J connectivity index is 1.46. The number of likely N-dealkylation sites (N-methyl/N-ethyl adjacent to an activating group) is 1. The second-order valence-electron chi connectivity index (χ2n) is 9.18. The molecule has 2 aromatic carbocycles. The van der Waals surface area contributed by atoms with Gasteiger partial charge >= 0.3 is 5.97 Å². The Kier molecular flexibility index (Phi) is 11.1. The molecule has 0 aliphatic carbocycles. The number of carbonyl (C=O) groups excluding carboxylic acids is 1. The van der Waals surface area contributed by atoms with Crippen LogP contribution in [0.3, 0.4) is 0 Å². The normalized spacial score (nSPS) is 12.2. The Labute approximate surface area is 193 Å². The largest absolute Gasteiger partial charge is 0.494 e. The summed E-state index contributed by atoms with van der Waals surface area (Å²) in [6, 6.07) is 17.8. The van der Waals surface area contributed by atoms with Crippen molar-refractivity contribution in [3.8, 4) is 11.5 Å². The number of nitrogens with zero attached hydrogens (tertiary/aromatic N) is 1. The van der Waals surface area contributed by atoms with Crippen LogP contribution in [-0.2, 0) is 16.1 Å². The third kappa shape index (κ3) is 10.2. The van der Waals surface area contributed by atoms with Crippen LogP contribution >= 0.6 is 0 Å². The van der Waals surface area contributed by atoms with Gasteiger partial charge < -0.3 is 18.7 Å². The standard InChI is InChI=1S/C27H40NO4/c1-23(28(2,3)4)27(29)31-21-13-8-6-5-7-12-20-30-25-16-18-26(19-17-25)32-22-24-14-10-9-11-15-24/h9-11,14-19,23H,5-8,12-13,20-22H2,1-4H3/q+1. The zero-order chi connectivity index (χ0) is 23.2. The molecule has 0 spiro atoms. The van der Waals surface area contributed by atoms with Crippen molar-refractivity contribution in [2.45, 2.75) is 58.1 Å². The van der Waals surface area contributed by atoms with E-state index in [1.54, 1.807) is 0 Å². The highest BCUT2D eigenvalue weighted by molar-refractivity contribution is 5.74. The molecule has 0 aliphatic rings. The molecule has 0 fully saturated rings. The molecule has 0 radical (unpaired) electrons. The first-order chi connectivity index (χ1) is 15.4. The van der Waals surface area contributed by atoms with Crippen molar-refractivity contribution in [2.24, 2.45) is 0 Å². The van der Waals surface area contributed by atoms with E-state index in [9.17, 15) is 4.79 Å². The highest BCUT2D eigenvalue weighted by Gasteiger charge is 2.27. The fraction of sp³-hybridized carbons (Fsp3) is 0.519. The van der Waals surface area contributed by atoms with Gasteiger partial charge in [-0.25, -0.2) is 4.79 Å². The van der Waals surface area contributed by atoms with Gasteiger partial charge in [0.1, 0.15) is 18.1 Å². The predicted molar refractivity (Wildman–Crippen MR) is 129 cm³/mol. The van der Waals surface area contributed by atoms with Gasteiger partial charge in [-0.1, -0.05) is 56.0 Å². The number of hydrogen-bond donors (Lipinski definition) is 0. The lowest BCUT2D eigenvalue weighted by molar-refractivity contribution is -0.885. The molecule has 0 N–H and O–H groups in total. The summed E-state index contributed by atoms with van der Waals surface area (Å²) in [7, 11) is 6.02. The lowest BCUT2D eigenvalue weighted by atomic mass is 10.1. The fourth-order valence-electron chi connectivity index (χ4n) is 3.08. The van der Waals surface area contributed by atoms with Crippen molar-refractivity contribution in [1.82, 2.24) is 0 Å². The van der Waals surface area contributed by atoms with Crippen LogP contribution in [0.4, 0.5) is 0 Å². The smallest absolute Gasteiger partial charge is 0.364 e. The van der Waals surface area contributed by atoms with Crippen LogP contribution < -0.4 is 9.47 Å². The molecule has 1 unspecified atom stereocenters. The van der Waals surface area contributed by atoms with E-state index in [0.29, 0.717) is 17.7 Å². The number of ether oxygens (including phenoxy) is 3. The van der Waals surface area contributed by atoms with E-state index in [0.717, 1.165) is 55.8 Å². The SMILES string of the molecule is CC(C(=O)OCCCCCCCCOc1ccc(OCc2ccccc2)cc1)[N+](C)(C)C. The first-order valence-electron chi connectivity index (χ1n) is 11.7. The molecule has 176 valence electrons. The van der Waals surface area contributed by atoms with E-state index in [-0.39, 0.29) is 12.0 Å². The van der Waals surface area contributed by atoms with E-state index in [2.05, 4.69) is 12.1 Å². The third-order valence-electron chi connectivity index (χ3n) is 5.63. The zero-order valence-electron chi connectivity index (χ0n) is 20.2. The van der Waals surface area contributed by atoms with Crippen LogP contribution in [0.2, 0.25) is 0 Å². The maximum absolute atomic E-state index is 12.0. The number of unbranched alkanes of at least 4 members (excludes halogenated alkanes) is 5. The summed E-state index contributed by atoms with van der Waals surface area (Å²) in [5.74, 6) is 1.62. The van der Waals surface area contributed by atoms with E-state index in [4.69, 9.17) is 14.2 Å². The van der Waals surface area contributed by atoms with Crippen LogP contribution in [0.1, 0.15) is 51.0 Å². The van der Waals surface area contributed by atoms with E-state index >= 15 is 0 Å². The van der Waals surface area contributed by atoms with Gasteiger partial charge in [0.2, 0.25) is 0 Å². The predicted octanol–water partition coefficient (Wildman–Crippen LogP) is 5.62. The monoisotopic (exact) mass is 442 g/mol. The second kappa shape index (κ2) is 13.8. The van der Waals surface area contributed by atoms with Gasteiger partial charge in [0.05, 0.1) is 34.4 Å². The maximum atomic E-state index is 12.0. The number of esters is 1. The van der Waals surface area contributed by atoms with Crippen molar-refractivity contribution < 1.29 is 23.5 Å². The van der Waals surface area contributed by atoms with Crippen molar-refractivity contribution in [2.75, 3.05) is 34.4 Å². The summed E-state index contributed by atoms with van der Waals surface area (Å²) >= 11 is 0. The molecule has 0 aliphatic heterocycles. The lowest BCUT2D eigenvalue weighted by Gasteiger charge is -2.29. The first kappa shape index (κ1) is 25.7. The summed E-state index contributed by atoms with van der Waals surface area (Å²) in [5, 5.41) is 0. The average Bonchev–Trinajstić information content (AvgIpc) is 2.79. The summed E-state index contributed by atoms with van der Waals surface area (Å²) in [5.41, 5.74) is 1.16. The highest BCUT2D eigenvalue weighted by atomic mass is 16.5. The van der Waals surface area contributed by atoms with Crippen molar-refractivity contribution in [1.29, 1.82) is 0 Å². The van der Waals surface area contributed by atoms with Crippen LogP contribution in [0.5, 0.6) is 11.5 Å². The fourth-order valence-corrected chi connectivity index (χ4v) is 3.08. The molecule has 0 amide bonds. The number of carbonyl (C=O) groups is 1. The summed E-state index contributed by atoms with van der Waals surface area (Å²) in [4.78, 5) is 12.0. The van der Waals surface area contributed by atoms with Crippen molar-refractivity contribution in [3.63, 3.8) is 0 Å². The van der Waals surface area contributed by atoms with Gasteiger partial charge in [0.25, 0.3) is 0 Å². The van der Waals surface area contributed by atoms with Crippen molar-refractivity contribution in [3.05, 3.63) is 60.2 Å². The van der Waals surface area contributed by atoms with Crippen LogP contribution in [-0.4, -0.2) is 50.9 Å². The van der Waals surface area contributed by atoms with Gasteiger partial charge in [-0.3, -0.25) is 0 Å². The molecule has 5 nitrogen and oxygen atoms in total. The Hall–Kier alpha value is -2.53. The number of quaternary nitrogens is 1. The molecular formula is C27H40NO4+. The molecule has 0 saturated carbocycles. The quantitative estimate of drug-likeness (QED) is 0.204. The molecule has 32 heavy (non-hydrogen) atoms. The number of rotatable bonds is 15. The second-order valence-corrected chi connectivity index (χ2v) is 9.18. The molecule has 1 atom stereocenters. The minimum Gasteiger partial charge on any atom is -0.494 e. The van der Waals surface area contributed by atoms with Crippen molar-refractivity contribution >= 4 is 5.97 Å². The average molecular weight is 443 g/mol. The molecule has 2 rings (SSSR count). The van der Waals surface area contributed by atoms with E-state index in [1.807, 2.05) is 70.5 Å². The minimum absolute atomic E-state index is 0.106. The van der Waals surface area contributed by atoms with E-state index < -0.39 is 0 Å². The molecule has 0 saturated heterocycles. The summed E-state index contributed by atoms with van der Waals surface area (Å²) in [6.07, 6.45) is 6.57. The Morgan fingerprint density at radius 1 is 0.750 bits per heavy atom. The number of hydrogen-bond acceptors (Lipinski definition) is 4. The van der Waals surface area contributed by atoms with Crippen LogP contribution in [0.25, 0.3) is 0 Å². The lowest BCUT2D eigenvalue weighted by Crippen LogP contribution is -2.48.